The van der Waals surface area contributed by atoms with Crippen LogP contribution in [-0.2, 0) is 9.59 Å². The number of benzene rings is 1. The average molecular weight is 540 g/mol. The molecule has 6 unspecified atom stereocenters. The lowest BCUT2D eigenvalue weighted by Gasteiger charge is -2.58. The highest BCUT2D eigenvalue weighted by molar-refractivity contribution is 8.00. The van der Waals surface area contributed by atoms with Crippen LogP contribution in [0.5, 0.6) is 0 Å². The number of hydrogen-bond donors (Lipinski definition) is 1. The molecule has 7 atom stereocenters. The van der Waals surface area contributed by atoms with E-state index in [4.69, 9.17) is 34.8 Å². The Balaban J connectivity index is 1.35. The van der Waals surface area contributed by atoms with Crippen molar-refractivity contribution in [2.75, 3.05) is 5.75 Å². The van der Waals surface area contributed by atoms with E-state index in [1.807, 2.05) is 6.08 Å². The van der Waals surface area contributed by atoms with Crippen LogP contribution < -0.4 is 0 Å². The van der Waals surface area contributed by atoms with E-state index in [1.165, 1.54) is 11.8 Å². The Kier molecular flexibility index (Phi) is 6.56. The molecule has 0 amide bonds. The number of aliphatic hydroxyl groups excluding tert-OH is 1. The molecule has 3 nitrogen and oxygen atoms in total. The molecule has 3 saturated carbocycles. The van der Waals surface area contributed by atoms with Gasteiger partial charge in [-0.1, -0.05) is 60.3 Å². The second-order valence-electron chi connectivity index (χ2n) is 10.9. The van der Waals surface area contributed by atoms with Crippen LogP contribution in [0.25, 0.3) is 0 Å². The minimum absolute atomic E-state index is 0.0483. The maximum absolute atomic E-state index is 13.5. The molecular formula is C27H29Cl3O3S. The Hall–Kier alpha value is -0.780. The first-order valence-electron chi connectivity index (χ1n) is 12.0. The number of Topliss-reactive ketones (excluding diaryl/α,β-unsaturated/α-hetero) is 1. The van der Waals surface area contributed by atoms with Gasteiger partial charge in [0.1, 0.15) is 5.78 Å². The van der Waals surface area contributed by atoms with Gasteiger partial charge in [-0.15, -0.1) is 11.8 Å². The summed E-state index contributed by atoms with van der Waals surface area (Å²) in [4.78, 5) is 26.2. The highest BCUT2D eigenvalue weighted by atomic mass is 35.5. The van der Waals surface area contributed by atoms with E-state index in [0.717, 1.165) is 36.2 Å². The molecule has 0 bridgehead atoms. The summed E-state index contributed by atoms with van der Waals surface area (Å²) in [6.07, 6.45) is 9.33. The van der Waals surface area contributed by atoms with Crippen LogP contribution >= 0.6 is 46.6 Å². The minimum atomic E-state index is -0.497. The maximum Gasteiger partial charge on any atom is 0.178 e. The summed E-state index contributed by atoms with van der Waals surface area (Å²) >= 11 is 19.9. The number of ketones is 2. The number of carbonyl (C=O) groups is 2. The number of aliphatic hydroxyl groups is 1. The van der Waals surface area contributed by atoms with Crippen LogP contribution in [0.3, 0.4) is 0 Å². The molecule has 7 heteroatoms. The third kappa shape index (κ3) is 3.93. The predicted molar refractivity (Wildman–Crippen MR) is 139 cm³/mol. The van der Waals surface area contributed by atoms with Crippen molar-refractivity contribution in [3.8, 4) is 0 Å². The fourth-order valence-electron chi connectivity index (χ4n) is 7.72. The molecule has 1 aromatic carbocycles. The van der Waals surface area contributed by atoms with Gasteiger partial charge in [-0.2, -0.15) is 0 Å². The summed E-state index contributed by atoms with van der Waals surface area (Å²) in [5.74, 6) is 1.36. The molecule has 4 aliphatic carbocycles. The van der Waals surface area contributed by atoms with Gasteiger partial charge in [0.2, 0.25) is 0 Å². The quantitative estimate of drug-likeness (QED) is 0.325. The number of hydrogen-bond acceptors (Lipinski definition) is 4. The van der Waals surface area contributed by atoms with Crippen LogP contribution in [-0.4, -0.2) is 28.5 Å². The van der Waals surface area contributed by atoms with Gasteiger partial charge in [-0.25, -0.2) is 0 Å². The van der Waals surface area contributed by atoms with E-state index in [1.54, 1.807) is 24.3 Å². The van der Waals surface area contributed by atoms with Crippen molar-refractivity contribution in [2.45, 2.75) is 57.0 Å². The van der Waals surface area contributed by atoms with Crippen molar-refractivity contribution >= 4 is 58.1 Å². The minimum Gasteiger partial charge on any atom is -0.393 e. The number of rotatable bonds is 4. The SMILES string of the molecule is CC12C=CC(=O)C=C1CCC1C2[C@@H](O)CC2(C)C(C(=O)CSc3cc(Cl)c(Cl)cc3Cl)CCC12. The summed E-state index contributed by atoms with van der Waals surface area (Å²) in [5.41, 5.74) is 0.662. The molecule has 4 aliphatic rings. The molecule has 5 rings (SSSR count). The lowest BCUT2D eigenvalue weighted by molar-refractivity contribution is -0.137. The fraction of sp³-hybridized carbons (Fsp3) is 0.556. The van der Waals surface area contributed by atoms with Crippen LogP contribution in [0.2, 0.25) is 15.1 Å². The second kappa shape index (κ2) is 8.95. The lowest BCUT2D eigenvalue weighted by atomic mass is 9.46. The Morgan fingerprint density at radius 1 is 1.12 bits per heavy atom. The standard InChI is InChI=1S/C27H29Cl3O3S/c1-26-8-7-15(31)9-14(26)3-4-16-17-5-6-18(27(17,2)12-22(32)25(16)26)23(33)13-34-24-11-20(29)19(28)10-21(24)30/h7-11,16-18,22,25,32H,3-6,12-13H2,1-2H3/t16?,17?,18?,22-,25?,26?,27?/m0/s1. The van der Waals surface area contributed by atoms with Crippen molar-refractivity contribution in [2.24, 2.45) is 34.5 Å². The van der Waals surface area contributed by atoms with Crippen LogP contribution in [0, 0.1) is 34.5 Å². The van der Waals surface area contributed by atoms with E-state index in [9.17, 15) is 14.7 Å². The molecular weight excluding hydrogens is 511 g/mol. The van der Waals surface area contributed by atoms with Crippen molar-refractivity contribution < 1.29 is 14.7 Å². The zero-order chi connectivity index (χ0) is 24.4. The zero-order valence-electron chi connectivity index (χ0n) is 19.3. The van der Waals surface area contributed by atoms with Crippen molar-refractivity contribution in [3.05, 3.63) is 51.0 Å². The molecule has 0 aliphatic heterocycles. The van der Waals surface area contributed by atoms with E-state index >= 15 is 0 Å². The molecule has 1 N–H and O–H groups in total. The van der Waals surface area contributed by atoms with E-state index in [2.05, 4.69) is 13.8 Å². The van der Waals surface area contributed by atoms with Gasteiger partial charge in [0.15, 0.2) is 5.78 Å². The molecule has 0 aromatic heterocycles. The van der Waals surface area contributed by atoms with Gasteiger partial charge in [0, 0.05) is 22.1 Å². The van der Waals surface area contributed by atoms with Crippen LogP contribution in [0.15, 0.2) is 40.8 Å². The summed E-state index contributed by atoms with van der Waals surface area (Å²) in [5, 5.41) is 12.8. The number of halogens is 3. The van der Waals surface area contributed by atoms with Gasteiger partial charge in [0.05, 0.1) is 26.9 Å². The Morgan fingerprint density at radius 3 is 2.62 bits per heavy atom. The number of carbonyl (C=O) groups excluding carboxylic acids is 2. The highest BCUT2D eigenvalue weighted by Gasteiger charge is 2.62. The summed E-state index contributed by atoms with van der Waals surface area (Å²) < 4.78 is 0. The van der Waals surface area contributed by atoms with E-state index < -0.39 is 6.10 Å². The Morgan fingerprint density at radius 2 is 1.85 bits per heavy atom. The third-order valence-electron chi connectivity index (χ3n) is 9.23. The predicted octanol–water partition coefficient (Wildman–Crippen LogP) is 7.20. The Labute approximate surface area is 220 Å². The van der Waals surface area contributed by atoms with Crippen LogP contribution in [0.1, 0.15) is 46.0 Å². The zero-order valence-corrected chi connectivity index (χ0v) is 22.4. The van der Waals surface area contributed by atoms with Crippen molar-refractivity contribution in [1.29, 1.82) is 0 Å². The Bertz CT molecular complexity index is 1110. The topological polar surface area (TPSA) is 54.4 Å². The first-order chi connectivity index (χ1) is 16.0. The number of thioether (sulfide) groups is 1. The van der Waals surface area contributed by atoms with Crippen molar-refractivity contribution in [3.63, 3.8) is 0 Å². The maximum atomic E-state index is 13.5. The molecule has 0 spiro atoms. The summed E-state index contributed by atoms with van der Waals surface area (Å²) in [6.45, 7) is 4.40. The van der Waals surface area contributed by atoms with Crippen molar-refractivity contribution in [1.82, 2.24) is 0 Å². The largest absolute Gasteiger partial charge is 0.393 e. The molecule has 0 radical (unpaired) electrons. The molecule has 1 aromatic rings. The molecule has 182 valence electrons. The molecule has 0 heterocycles. The first kappa shape index (κ1) is 24.9. The van der Waals surface area contributed by atoms with Crippen LogP contribution in [0.4, 0.5) is 0 Å². The first-order valence-corrected chi connectivity index (χ1v) is 14.1. The molecule has 34 heavy (non-hydrogen) atoms. The van der Waals surface area contributed by atoms with Gasteiger partial charge < -0.3 is 5.11 Å². The lowest BCUT2D eigenvalue weighted by Crippen LogP contribution is -2.56. The third-order valence-corrected chi connectivity index (χ3v) is 11.5. The van der Waals surface area contributed by atoms with Gasteiger partial charge >= 0.3 is 0 Å². The fourth-order valence-corrected chi connectivity index (χ4v) is 9.39. The number of fused-ring (bicyclic) bond motifs is 5. The van der Waals surface area contributed by atoms with Gasteiger partial charge in [-0.05, 0) is 73.6 Å². The normalized spacial score (nSPS) is 38.7. The average Bonchev–Trinajstić information content (AvgIpc) is 3.12. The highest BCUT2D eigenvalue weighted by Crippen LogP contribution is 2.66. The summed E-state index contributed by atoms with van der Waals surface area (Å²) in [7, 11) is 0. The van der Waals surface area contributed by atoms with Gasteiger partial charge in [-0.3, -0.25) is 9.59 Å². The van der Waals surface area contributed by atoms with E-state index in [-0.39, 0.29) is 34.2 Å². The van der Waals surface area contributed by atoms with E-state index in [0.29, 0.717) is 39.1 Å². The summed E-state index contributed by atoms with van der Waals surface area (Å²) in [6, 6.07) is 3.33. The van der Waals surface area contributed by atoms with Gasteiger partial charge in [0.25, 0.3) is 0 Å². The molecule has 0 saturated heterocycles. The second-order valence-corrected chi connectivity index (χ2v) is 13.1. The molecule has 3 fully saturated rings. The monoisotopic (exact) mass is 538 g/mol. The number of allylic oxidation sites excluding steroid dienone is 4. The smallest absolute Gasteiger partial charge is 0.178 e.